The Bertz CT molecular complexity index is 235. The lowest BCUT2D eigenvalue weighted by Gasteiger charge is -2.44. The minimum atomic E-state index is 0.945. The molecule has 3 rings (SSSR count). The van der Waals surface area contributed by atoms with Gasteiger partial charge in [-0.25, -0.2) is 0 Å². The molecule has 2 heteroatoms. The fourth-order valence-electron chi connectivity index (χ4n) is 3.86. The van der Waals surface area contributed by atoms with E-state index in [0.29, 0.717) is 0 Å². The maximum atomic E-state index is 3.65. The van der Waals surface area contributed by atoms with Gasteiger partial charge in [-0.05, 0) is 63.5 Å². The highest BCUT2D eigenvalue weighted by atomic mass is 15.2. The molecule has 1 N–H and O–H groups in total. The summed E-state index contributed by atoms with van der Waals surface area (Å²) in [5.74, 6) is 2.07. The summed E-state index contributed by atoms with van der Waals surface area (Å²) in [5, 5.41) is 3.65. The summed E-state index contributed by atoms with van der Waals surface area (Å²) in [5.41, 5.74) is 0. The molecular weight excluding hydrogens is 208 g/mol. The van der Waals surface area contributed by atoms with Crippen molar-refractivity contribution in [2.75, 3.05) is 26.2 Å². The van der Waals surface area contributed by atoms with Gasteiger partial charge >= 0.3 is 0 Å². The summed E-state index contributed by atoms with van der Waals surface area (Å²) in [4.78, 5) is 2.80. The van der Waals surface area contributed by atoms with Gasteiger partial charge in [-0.2, -0.15) is 0 Å². The molecule has 0 aromatic heterocycles. The van der Waals surface area contributed by atoms with E-state index in [0.717, 1.165) is 17.9 Å². The molecule has 0 amide bonds. The molecule has 0 spiro atoms. The van der Waals surface area contributed by atoms with E-state index in [9.17, 15) is 0 Å². The van der Waals surface area contributed by atoms with Gasteiger partial charge in [0, 0.05) is 19.1 Å². The van der Waals surface area contributed by atoms with Crippen LogP contribution >= 0.6 is 0 Å². The molecule has 17 heavy (non-hydrogen) atoms. The molecular formula is C15H28N2. The normalized spacial score (nSPS) is 34.6. The standard InChI is InChI=1S/C15H28N2/c1-2-6-15-14(4-1)5-3-10-17(15)11-9-16-12-13-7-8-13/h13-16H,1-12H2/t14-,15-/m1/s1. The van der Waals surface area contributed by atoms with Gasteiger partial charge in [0.2, 0.25) is 0 Å². The Kier molecular flexibility index (Phi) is 4.02. The Labute approximate surface area is 106 Å². The lowest BCUT2D eigenvalue weighted by Crippen LogP contribution is -2.48. The number of hydrogen-bond acceptors (Lipinski definition) is 2. The molecule has 0 aromatic rings. The van der Waals surface area contributed by atoms with Crippen LogP contribution in [0.15, 0.2) is 0 Å². The quantitative estimate of drug-likeness (QED) is 0.738. The minimum Gasteiger partial charge on any atom is -0.315 e. The number of hydrogen-bond donors (Lipinski definition) is 1. The first-order valence-corrected chi connectivity index (χ1v) is 7.88. The van der Waals surface area contributed by atoms with Crippen molar-refractivity contribution in [1.29, 1.82) is 0 Å². The fraction of sp³-hybridized carbons (Fsp3) is 1.00. The molecule has 2 atom stereocenters. The van der Waals surface area contributed by atoms with Gasteiger partial charge in [0.05, 0.1) is 0 Å². The average Bonchev–Trinajstić information content (AvgIpc) is 3.19. The topological polar surface area (TPSA) is 15.3 Å². The van der Waals surface area contributed by atoms with Crippen molar-refractivity contribution in [2.45, 2.75) is 57.4 Å². The van der Waals surface area contributed by atoms with Gasteiger partial charge in [-0.3, -0.25) is 4.90 Å². The molecule has 3 fully saturated rings. The molecule has 1 saturated heterocycles. The van der Waals surface area contributed by atoms with Gasteiger partial charge in [-0.1, -0.05) is 12.8 Å². The summed E-state index contributed by atoms with van der Waals surface area (Å²) in [6.07, 6.45) is 11.9. The average molecular weight is 236 g/mol. The first kappa shape index (κ1) is 12.0. The molecule has 2 aliphatic carbocycles. The molecule has 3 aliphatic rings. The lowest BCUT2D eigenvalue weighted by molar-refractivity contribution is 0.0618. The summed E-state index contributed by atoms with van der Waals surface area (Å²) in [6, 6.07) is 0.945. The second-order valence-electron chi connectivity index (χ2n) is 6.44. The van der Waals surface area contributed by atoms with Crippen LogP contribution in [0.25, 0.3) is 0 Å². The fourth-order valence-corrected chi connectivity index (χ4v) is 3.86. The zero-order valence-electron chi connectivity index (χ0n) is 11.2. The van der Waals surface area contributed by atoms with Crippen LogP contribution in [0.2, 0.25) is 0 Å². The first-order chi connectivity index (χ1) is 8.43. The molecule has 0 radical (unpaired) electrons. The minimum absolute atomic E-state index is 0.945. The maximum Gasteiger partial charge on any atom is 0.0124 e. The van der Waals surface area contributed by atoms with E-state index in [-0.39, 0.29) is 0 Å². The van der Waals surface area contributed by atoms with Crippen molar-refractivity contribution >= 4 is 0 Å². The summed E-state index contributed by atoms with van der Waals surface area (Å²) in [7, 11) is 0. The van der Waals surface area contributed by atoms with Crippen molar-refractivity contribution in [3.05, 3.63) is 0 Å². The third-order valence-corrected chi connectivity index (χ3v) is 5.06. The highest BCUT2D eigenvalue weighted by Crippen LogP contribution is 2.34. The zero-order valence-corrected chi connectivity index (χ0v) is 11.2. The Morgan fingerprint density at radius 2 is 1.76 bits per heavy atom. The molecule has 0 unspecified atom stereocenters. The van der Waals surface area contributed by atoms with Crippen LogP contribution in [0.4, 0.5) is 0 Å². The molecule has 1 aliphatic heterocycles. The van der Waals surface area contributed by atoms with Gasteiger partial charge in [0.15, 0.2) is 0 Å². The number of fused-ring (bicyclic) bond motifs is 1. The predicted molar refractivity (Wildman–Crippen MR) is 72.1 cm³/mol. The Balaban J connectivity index is 1.40. The van der Waals surface area contributed by atoms with Gasteiger partial charge in [-0.15, -0.1) is 0 Å². The van der Waals surface area contributed by atoms with Crippen LogP contribution in [-0.4, -0.2) is 37.1 Å². The van der Waals surface area contributed by atoms with E-state index in [2.05, 4.69) is 10.2 Å². The molecule has 2 saturated carbocycles. The maximum absolute atomic E-state index is 3.65. The van der Waals surface area contributed by atoms with E-state index in [4.69, 9.17) is 0 Å². The third kappa shape index (κ3) is 3.23. The zero-order chi connectivity index (χ0) is 11.5. The molecule has 2 nitrogen and oxygen atoms in total. The van der Waals surface area contributed by atoms with Gasteiger partial charge in [0.1, 0.15) is 0 Å². The second-order valence-corrected chi connectivity index (χ2v) is 6.44. The van der Waals surface area contributed by atoms with E-state index in [1.807, 2.05) is 0 Å². The van der Waals surface area contributed by atoms with E-state index in [1.165, 1.54) is 77.5 Å². The Hall–Kier alpha value is -0.0800. The van der Waals surface area contributed by atoms with Gasteiger partial charge in [0.25, 0.3) is 0 Å². The van der Waals surface area contributed by atoms with E-state index in [1.54, 1.807) is 0 Å². The van der Waals surface area contributed by atoms with Crippen LogP contribution in [0.5, 0.6) is 0 Å². The highest BCUT2D eigenvalue weighted by Gasteiger charge is 2.32. The molecule has 0 bridgehead atoms. The monoisotopic (exact) mass is 236 g/mol. The van der Waals surface area contributed by atoms with Crippen molar-refractivity contribution < 1.29 is 0 Å². The molecule has 98 valence electrons. The molecule has 0 aromatic carbocycles. The summed E-state index contributed by atoms with van der Waals surface area (Å²) in [6.45, 7) is 5.17. The van der Waals surface area contributed by atoms with Gasteiger partial charge < -0.3 is 5.32 Å². The summed E-state index contributed by atoms with van der Waals surface area (Å²) < 4.78 is 0. The second kappa shape index (κ2) is 5.71. The van der Waals surface area contributed by atoms with Crippen molar-refractivity contribution in [2.24, 2.45) is 11.8 Å². The number of likely N-dealkylation sites (tertiary alicyclic amines) is 1. The van der Waals surface area contributed by atoms with Crippen molar-refractivity contribution in [3.8, 4) is 0 Å². The number of rotatable bonds is 5. The van der Waals surface area contributed by atoms with Crippen LogP contribution in [0.1, 0.15) is 51.4 Å². The largest absolute Gasteiger partial charge is 0.315 e. The van der Waals surface area contributed by atoms with Crippen LogP contribution < -0.4 is 5.32 Å². The predicted octanol–water partition coefficient (Wildman–Crippen LogP) is 2.64. The Morgan fingerprint density at radius 3 is 2.65 bits per heavy atom. The third-order valence-electron chi connectivity index (χ3n) is 5.06. The number of piperidine rings is 1. The first-order valence-electron chi connectivity index (χ1n) is 7.88. The van der Waals surface area contributed by atoms with Crippen molar-refractivity contribution in [1.82, 2.24) is 10.2 Å². The van der Waals surface area contributed by atoms with E-state index >= 15 is 0 Å². The molecule has 1 heterocycles. The summed E-state index contributed by atoms with van der Waals surface area (Å²) >= 11 is 0. The SMILES string of the molecule is C1CC[C@@H]2[C@H](C1)CCCN2CCNCC1CC1. The van der Waals surface area contributed by atoms with Crippen molar-refractivity contribution in [3.63, 3.8) is 0 Å². The van der Waals surface area contributed by atoms with E-state index < -0.39 is 0 Å². The highest BCUT2D eigenvalue weighted by molar-refractivity contribution is 4.87. The van der Waals surface area contributed by atoms with Crippen LogP contribution in [0.3, 0.4) is 0 Å². The Morgan fingerprint density at radius 1 is 0.941 bits per heavy atom. The lowest BCUT2D eigenvalue weighted by atomic mass is 9.78. The number of nitrogens with one attached hydrogen (secondary N) is 1. The smallest absolute Gasteiger partial charge is 0.0124 e. The number of nitrogens with zero attached hydrogens (tertiary/aromatic N) is 1. The van der Waals surface area contributed by atoms with Crippen LogP contribution in [0, 0.1) is 11.8 Å². The van der Waals surface area contributed by atoms with Crippen LogP contribution in [-0.2, 0) is 0 Å².